The molecule has 2 aromatic rings. The van der Waals surface area contributed by atoms with Crippen molar-refractivity contribution in [3.05, 3.63) is 46.7 Å². The maximum atomic E-state index is 12.6. The Morgan fingerprint density at radius 1 is 1.37 bits per heavy atom. The summed E-state index contributed by atoms with van der Waals surface area (Å²) in [7, 11) is -2.18. The number of aryl methyl sites for hydroxylation is 2. The van der Waals surface area contributed by atoms with E-state index < -0.39 is 15.9 Å². The van der Waals surface area contributed by atoms with Gasteiger partial charge in [0.2, 0.25) is 10.0 Å². The van der Waals surface area contributed by atoms with Gasteiger partial charge in [0.25, 0.3) is 5.91 Å². The molecule has 0 saturated heterocycles. The van der Waals surface area contributed by atoms with Crippen LogP contribution >= 0.6 is 11.6 Å². The average Bonchev–Trinajstić information content (AvgIpc) is 3.03. The van der Waals surface area contributed by atoms with Crippen LogP contribution in [-0.4, -0.2) is 48.0 Å². The fourth-order valence-electron chi connectivity index (χ4n) is 2.41. The molecule has 1 amide bonds. The fraction of sp³-hybridized carbons (Fsp3) is 0.444. The molecule has 148 valence electrons. The minimum atomic E-state index is -3.69. The lowest BCUT2D eigenvalue weighted by Crippen LogP contribution is -2.33. The fourth-order valence-corrected chi connectivity index (χ4v) is 4.01. The van der Waals surface area contributed by atoms with Gasteiger partial charge in [0.15, 0.2) is 0 Å². The van der Waals surface area contributed by atoms with Crippen LogP contribution in [0.4, 0.5) is 0 Å². The second-order valence-electron chi connectivity index (χ2n) is 6.65. The van der Waals surface area contributed by atoms with Crippen molar-refractivity contribution in [2.45, 2.75) is 44.7 Å². The standard InChI is InChI=1S/C18H25ClN4O3S/c1-13(2)22(4)27(25,26)15-6-7-17(19)16(10-15)18(24)20-8-5-9-23-12-14(3)11-21-23/h6-7,10-13H,5,8-9H2,1-4H3,(H,20,24). The molecule has 0 radical (unpaired) electrons. The van der Waals surface area contributed by atoms with Gasteiger partial charge in [0.05, 0.1) is 21.7 Å². The number of benzene rings is 1. The van der Waals surface area contributed by atoms with Crippen molar-refractivity contribution in [1.29, 1.82) is 0 Å². The molecule has 2 rings (SSSR count). The van der Waals surface area contributed by atoms with Crippen LogP contribution in [0.3, 0.4) is 0 Å². The Labute approximate surface area is 165 Å². The molecule has 0 aliphatic carbocycles. The summed E-state index contributed by atoms with van der Waals surface area (Å²) in [5.41, 5.74) is 1.22. The Morgan fingerprint density at radius 2 is 2.07 bits per heavy atom. The van der Waals surface area contributed by atoms with E-state index in [1.165, 1.54) is 29.6 Å². The minimum absolute atomic E-state index is 0.0419. The summed E-state index contributed by atoms with van der Waals surface area (Å²) < 4.78 is 28.3. The van der Waals surface area contributed by atoms with E-state index in [4.69, 9.17) is 11.6 Å². The van der Waals surface area contributed by atoms with Crippen LogP contribution in [0.2, 0.25) is 5.02 Å². The molecule has 0 aliphatic heterocycles. The van der Waals surface area contributed by atoms with E-state index in [-0.39, 0.29) is 21.5 Å². The van der Waals surface area contributed by atoms with E-state index in [0.717, 1.165) is 5.56 Å². The van der Waals surface area contributed by atoms with E-state index in [1.807, 2.05) is 17.8 Å². The topological polar surface area (TPSA) is 84.3 Å². The first-order valence-corrected chi connectivity index (χ1v) is 10.5. The van der Waals surface area contributed by atoms with Crippen molar-refractivity contribution in [3.63, 3.8) is 0 Å². The van der Waals surface area contributed by atoms with E-state index in [1.54, 1.807) is 20.0 Å². The summed E-state index contributed by atoms with van der Waals surface area (Å²) in [5.74, 6) is -0.402. The van der Waals surface area contributed by atoms with Gasteiger partial charge in [-0.15, -0.1) is 0 Å². The Bertz CT molecular complexity index is 909. The molecule has 1 N–H and O–H groups in total. The molecule has 1 aromatic carbocycles. The van der Waals surface area contributed by atoms with E-state index in [2.05, 4.69) is 10.4 Å². The third-order valence-corrected chi connectivity index (χ3v) is 6.56. The quantitative estimate of drug-likeness (QED) is 0.675. The van der Waals surface area contributed by atoms with Crippen molar-refractivity contribution < 1.29 is 13.2 Å². The zero-order chi connectivity index (χ0) is 20.2. The maximum Gasteiger partial charge on any atom is 0.252 e. The molecule has 0 atom stereocenters. The first kappa shape index (κ1) is 21.4. The van der Waals surface area contributed by atoms with Crippen molar-refractivity contribution in [2.75, 3.05) is 13.6 Å². The van der Waals surface area contributed by atoms with Gasteiger partial charge in [-0.25, -0.2) is 8.42 Å². The summed E-state index contributed by atoms with van der Waals surface area (Å²) in [6.07, 6.45) is 4.40. The monoisotopic (exact) mass is 412 g/mol. The van der Waals surface area contributed by atoms with Crippen LogP contribution in [0.1, 0.15) is 36.2 Å². The van der Waals surface area contributed by atoms with Crippen molar-refractivity contribution in [1.82, 2.24) is 19.4 Å². The highest BCUT2D eigenvalue weighted by Gasteiger charge is 2.25. The zero-order valence-corrected chi connectivity index (χ0v) is 17.5. The highest BCUT2D eigenvalue weighted by atomic mass is 35.5. The van der Waals surface area contributed by atoms with Gasteiger partial charge in [0.1, 0.15) is 0 Å². The molecule has 1 aromatic heterocycles. The molecular formula is C18H25ClN4O3S. The Hall–Kier alpha value is -1.90. The van der Waals surface area contributed by atoms with Crippen LogP contribution in [0, 0.1) is 6.92 Å². The minimum Gasteiger partial charge on any atom is -0.352 e. The first-order chi connectivity index (χ1) is 12.6. The second-order valence-corrected chi connectivity index (χ2v) is 9.05. The summed E-state index contributed by atoms with van der Waals surface area (Å²) in [6.45, 7) is 6.63. The molecule has 7 nitrogen and oxygen atoms in total. The van der Waals surface area contributed by atoms with Gasteiger partial charge in [-0.2, -0.15) is 9.40 Å². The number of hydrogen-bond acceptors (Lipinski definition) is 4. The van der Waals surface area contributed by atoms with Crippen molar-refractivity contribution >= 4 is 27.5 Å². The van der Waals surface area contributed by atoms with Gasteiger partial charge >= 0.3 is 0 Å². The molecule has 0 bridgehead atoms. The van der Waals surface area contributed by atoms with Gasteiger partial charge in [-0.05, 0) is 51.0 Å². The lowest BCUT2D eigenvalue weighted by Gasteiger charge is -2.21. The van der Waals surface area contributed by atoms with Crippen LogP contribution in [0.15, 0.2) is 35.5 Å². The predicted octanol–water partition coefficient (Wildman–Crippen LogP) is 2.69. The number of amides is 1. The summed E-state index contributed by atoms with van der Waals surface area (Å²) in [4.78, 5) is 12.5. The Kier molecular flexibility index (Phi) is 7.02. The summed E-state index contributed by atoms with van der Waals surface area (Å²) >= 11 is 6.11. The van der Waals surface area contributed by atoms with E-state index in [0.29, 0.717) is 19.5 Å². The van der Waals surface area contributed by atoms with Gasteiger partial charge in [-0.3, -0.25) is 9.48 Å². The maximum absolute atomic E-state index is 12.6. The molecular weight excluding hydrogens is 388 g/mol. The molecule has 27 heavy (non-hydrogen) atoms. The van der Waals surface area contributed by atoms with Gasteiger partial charge < -0.3 is 5.32 Å². The number of rotatable bonds is 8. The van der Waals surface area contributed by atoms with Crippen LogP contribution in [-0.2, 0) is 16.6 Å². The number of carbonyl (C=O) groups is 1. The molecule has 1 heterocycles. The SMILES string of the molecule is Cc1cnn(CCCNC(=O)c2cc(S(=O)(=O)N(C)C(C)C)ccc2Cl)c1. The van der Waals surface area contributed by atoms with E-state index >= 15 is 0 Å². The van der Waals surface area contributed by atoms with Crippen LogP contribution in [0.25, 0.3) is 0 Å². The zero-order valence-electron chi connectivity index (χ0n) is 15.9. The number of aromatic nitrogens is 2. The number of nitrogens with one attached hydrogen (secondary N) is 1. The Balaban J connectivity index is 2.05. The number of hydrogen-bond donors (Lipinski definition) is 1. The van der Waals surface area contributed by atoms with Crippen molar-refractivity contribution in [2.24, 2.45) is 0 Å². The van der Waals surface area contributed by atoms with E-state index in [9.17, 15) is 13.2 Å². The number of nitrogens with zero attached hydrogens (tertiary/aromatic N) is 3. The molecule has 0 fully saturated rings. The molecule has 0 unspecified atom stereocenters. The molecule has 0 spiro atoms. The van der Waals surface area contributed by atoms with Gasteiger partial charge in [0, 0.05) is 32.4 Å². The molecule has 0 aliphatic rings. The first-order valence-electron chi connectivity index (χ1n) is 8.67. The second kappa shape index (κ2) is 8.86. The normalized spacial score (nSPS) is 12.0. The summed E-state index contributed by atoms with van der Waals surface area (Å²) in [6, 6.07) is 3.97. The average molecular weight is 413 g/mol. The van der Waals surface area contributed by atoms with Crippen LogP contribution < -0.4 is 5.32 Å². The number of halogens is 1. The molecule has 0 saturated carbocycles. The lowest BCUT2D eigenvalue weighted by molar-refractivity contribution is 0.0952. The highest BCUT2D eigenvalue weighted by molar-refractivity contribution is 7.89. The predicted molar refractivity (Wildman–Crippen MR) is 105 cm³/mol. The smallest absolute Gasteiger partial charge is 0.252 e. The van der Waals surface area contributed by atoms with Crippen molar-refractivity contribution in [3.8, 4) is 0 Å². The highest BCUT2D eigenvalue weighted by Crippen LogP contribution is 2.23. The molecule has 9 heteroatoms. The largest absolute Gasteiger partial charge is 0.352 e. The third kappa shape index (κ3) is 5.31. The lowest BCUT2D eigenvalue weighted by atomic mass is 10.2. The van der Waals surface area contributed by atoms with Crippen LogP contribution in [0.5, 0.6) is 0 Å². The Morgan fingerprint density at radius 3 is 2.67 bits per heavy atom. The number of carbonyl (C=O) groups excluding carboxylic acids is 1. The summed E-state index contributed by atoms with van der Waals surface area (Å²) in [5, 5.41) is 7.17. The number of sulfonamides is 1. The third-order valence-electron chi connectivity index (χ3n) is 4.20. The van der Waals surface area contributed by atoms with Gasteiger partial charge in [-0.1, -0.05) is 11.6 Å².